The van der Waals surface area contributed by atoms with Crippen LogP contribution in [0.15, 0.2) is 0 Å². The van der Waals surface area contributed by atoms with Gasteiger partial charge in [0.15, 0.2) is 0 Å². The maximum absolute atomic E-state index is 11.5. The largest absolute Gasteiger partial charge is 0.393 e. The summed E-state index contributed by atoms with van der Waals surface area (Å²) in [6, 6.07) is 0. The second-order valence-corrected chi connectivity index (χ2v) is 8.37. The molecule has 2 aromatic heterocycles. The van der Waals surface area contributed by atoms with E-state index in [1.807, 2.05) is 6.92 Å². The number of aliphatic hydroxyl groups is 2. The van der Waals surface area contributed by atoms with Crippen molar-refractivity contribution in [2.24, 2.45) is 0 Å². The van der Waals surface area contributed by atoms with Crippen molar-refractivity contribution in [2.45, 2.75) is 93.5 Å². The number of hydrogen-bond donors (Lipinski definition) is 2. The Morgan fingerprint density at radius 3 is 1.22 bits per heavy atom. The molecule has 2 unspecified atom stereocenters. The topological polar surface area (TPSA) is 50.3 Å². The Balaban J connectivity index is 0.00000364. The molecule has 27 heavy (non-hydrogen) atoms. The van der Waals surface area contributed by atoms with E-state index in [-0.39, 0.29) is 32.0 Å². The summed E-state index contributed by atoms with van der Waals surface area (Å²) in [6.45, 7) is 20.6. The molecule has 0 fully saturated rings. The molecule has 2 rings (SSSR count). The molecule has 2 N–H and O–H groups in total. The van der Waals surface area contributed by atoms with Gasteiger partial charge in [-0.3, -0.25) is 0 Å². The normalized spacial score (nSPS) is 15.0. The number of nitrogens with zero attached hydrogens (tertiary/aromatic N) is 2. The monoisotopic (exact) mass is 540 g/mol. The van der Waals surface area contributed by atoms with Gasteiger partial charge in [0.25, 0.3) is 0 Å². The van der Waals surface area contributed by atoms with Crippen molar-refractivity contribution in [1.29, 1.82) is 0 Å². The van der Waals surface area contributed by atoms with Crippen LogP contribution >= 0.6 is 0 Å². The van der Waals surface area contributed by atoms with Gasteiger partial charge in [0.05, 0.1) is 6.10 Å². The Morgan fingerprint density at radius 2 is 1.00 bits per heavy atom. The maximum Gasteiger partial charge on any atom is 0.138 e. The molecule has 0 aromatic carbocycles. The van der Waals surface area contributed by atoms with Crippen LogP contribution in [0.25, 0.3) is 0 Å². The minimum absolute atomic E-state index is 0. The van der Waals surface area contributed by atoms with Crippen LogP contribution in [0.2, 0.25) is 0 Å². The van der Waals surface area contributed by atoms with Crippen molar-refractivity contribution in [3.8, 4) is 0 Å². The Kier molecular flexibility index (Phi) is 7.57. The van der Waals surface area contributed by atoms with Gasteiger partial charge in [-0.2, -0.15) is 0 Å². The summed E-state index contributed by atoms with van der Waals surface area (Å²) < 4.78 is 4.51. The van der Waals surface area contributed by atoms with Gasteiger partial charge in [0, 0.05) is 55.0 Å². The van der Waals surface area contributed by atoms with E-state index < -0.39 is 11.7 Å². The van der Waals surface area contributed by atoms with Crippen molar-refractivity contribution in [1.82, 2.24) is 9.13 Å². The molecular weight excluding hydrogens is 503 g/mol. The van der Waals surface area contributed by atoms with E-state index in [9.17, 15) is 10.2 Å². The van der Waals surface area contributed by atoms with E-state index in [0.717, 1.165) is 0 Å². The first-order valence-electron chi connectivity index (χ1n) is 9.52. The zero-order chi connectivity index (χ0) is 20.1. The summed E-state index contributed by atoms with van der Waals surface area (Å²) >= 11 is 0. The van der Waals surface area contributed by atoms with Crippen LogP contribution in [0, 0.1) is 55.4 Å². The van der Waals surface area contributed by atoms with E-state index in [1.54, 1.807) is 6.92 Å². The van der Waals surface area contributed by atoms with E-state index in [4.69, 9.17) is 0 Å². The van der Waals surface area contributed by atoms with Gasteiger partial charge in [-0.1, -0.05) is 0 Å². The second-order valence-electron chi connectivity index (χ2n) is 8.37. The van der Waals surface area contributed by atoms with Crippen LogP contribution in [0.3, 0.4) is 0 Å². The van der Waals surface area contributed by atoms with Gasteiger partial charge in [-0.15, -0.1) is 0 Å². The average Bonchev–Trinajstić information content (AvgIpc) is 2.83. The number of hydrogen-bond acceptors (Lipinski definition) is 2. The third kappa shape index (κ3) is 4.06. The van der Waals surface area contributed by atoms with E-state index in [2.05, 4.69) is 64.5 Å². The fourth-order valence-electron chi connectivity index (χ4n) is 4.42. The van der Waals surface area contributed by atoms with Crippen molar-refractivity contribution in [3.63, 3.8) is 0 Å². The summed E-state index contributed by atoms with van der Waals surface area (Å²) in [5.74, 6) is 0. The second kappa shape index (κ2) is 8.38. The van der Waals surface area contributed by atoms with Crippen LogP contribution in [-0.2, 0) is 25.8 Å². The molecule has 0 spiro atoms. The summed E-state index contributed by atoms with van der Waals surface area (Å²) in [5.41, 5.74) is 8.60. The predicted octanol–water partition coefficient (Wildman–Crippen LogP) is 4.32. The minimum Gasteiger partial charge on any atom is -0.393 e. The van der Waals surface area contributed by atoms with Crippen LogP contribution in [0.4, 0.5) is 0 Å². The molecule has 0 bridgehead atoms. The molecule has 2 atom stereocenters. The molecule has 0 aliphatic rings. The van der Waals surface area contributed by atoms with Gasteiger partial charge < -0.3 is 19.3 Å². The summed E-state index contributed by atoms with van der Waals surface area (Å²) in [4.78, 5) is 0. The molecule has 4 nitrogen and oxygen atoms in total. The molecule has 0 radical (unpaired) electrons. The van der Waals surface area contributed by atoms with Crippen LogP contribution in [0.5, 0.6) is 0 Å². The van der Waals surface area contributed by atoms with Crippen LogP contribution in [0.1, 0.15) is 71.5 Å². The average molecular weight is 539 g/mol. The quantitative estimate of drug-likeness (QED) is 0.557. The van der Waals surface area contributed by atoms with Crippen LogP contribution in [-0.4, -0.2) is 31.1 Å². The number of aromatic nitrogens is 2. The van der Waals surface area contributed by atoms with Gasteiger partial charge in [-0.05, 0) is 91.5 Å². The molecule has 150 valence electrons. The smallest absolute Gasteiger partial charge is 0.138 e. The molecule has 5 heteroatoms. The molecule has 0 amide bonds. The Bertz CT molecular complexity index is 719. The van der Waals surface area contributed by atoms with Crippen molar-refractivity contribution < 1.29 is 36.1 Å². The third-order valence-electron chi connectivity index (χ3n) is 6.50. The molecule has 0 saturated carbocycles. The Morgan fingerprint density at radius 1 is 0.741 bits per heavy atom. The summed E-state index contributed by atoms with van der Waals surface area (Å²) in [7, 11) is 0. The zero-order valence-electron chi connectivity index (χ0n) is 18.7. The van der Waals surface area contributed by atoms with Gasteiger partial charge in [-0.25, -0.2) is 0 Å². The molecular formula is C22H36HfN2O2. The standard InChI is InChI=1S/C22H36N2O2.Hf/c1-12(25)11-22(10,26)21(23-17(6)13(2)14(3)18(23)7)24-19(8)15(4)16(5)20(24)9;/h12,21,25-26H,11H2,1-10H3;. The van der Waals surface area contributed by atoms with E-state index >= 15 is 0 Å². The Labute approximate surface area is 183 Å². The van der Waals surface area contributed by atoms with Gasteiger partial charge in [0.2, 0.25) is 0 Å². The molecule has 0 aliphatic heterocycles. The third-order valence-corrected chi connectivity index (χ3v) is 6.50. The van der Waals surface area contributed by atoms with E-state index in [1.165, 1.54) is 45.0 Å². The van der Waals surface area contributed by atoms with E-state index in [0.29, 0.717) is 6.42 Å². The van der Waals surface area contributed by atoms with Crippen molar-refractivity contribution in [3.05, 3.63) is 45.0 Å². The molecule has 0 aliphatic carbocycles. The fourth-order valence-corrected chi connectivity index (χ4v) is 4.42. The van der Waals surface area contributed by atoms with Crippen LogP contribution < -0.4 is 0 Å². The first-order chi connectivity index (χ1) is 11.8. The summed E-state index contributed by atoms with van der Waals surface area (Å²) in [6.07, 6.45) is -0.580. The fraction of sp³-hybridized carbons (Fsp3) is 0.636. The maximum atomic E-state index is 11.5. The molecule has 0 saturated heterocycles. The van der Waals surface area contributed by atoms with Gasteiger partial charge in [0.1, 0.15) is 11.8 Å². The van der Waals surface area contributed by atoms with Gasteiger partial charge >= 0.3 is 0 Å². The Hall–Kier alpha value is -0.650. The predicted molar refractivity (Wildman–Crippen MR) is 108 cm³/mol. The summed E-state index contributed by atoms with van der Waals surface area (Å²) in [5, 5.41) is 21.6. The number of aliphatic hydroxyl groups excluding tert-OH is 1. The first-order valence-corrected chi connectivity index (χ1v) is 9.52. The molecule has 2 aromatic rings. The SMILES string of the molecule is Cc1c(C)c(C)n(C(n2c(C)c(C)c(C)c2C)C(C)(O)CC(C)O)c1C.[Hf]. The first kappa shape index (κ1) is 24.4. The van der Waals surface area contributed by atoms with Crippen molar-refractivity contribution >= 4 is 0 Å². The van der Waals surface area contributed by atoms with Crippen molar-refractivity contribution in [2.75, 3.05) is 0 Å². The zero-order valence-corrected chi connectivity index (χ0v) is 22.2. The number of rotatable bonds is 5. The molecule has 2 heterocycles. The minimum atomic E-state index is -1.10.